The third kappa shape index (κ3) is 4.37. The fraction of sp³-hybridized carbons (Fsp3) is 0.148. The normalized spacial score (nSPS) is 17.0. The third-order valence-corrected chi connectivity index (χ3v) is 21.7. The summed E-state index contributed by atoms with van der Waals surface area (Å²) in [4.78, 5) is 5.41. The van der Waals surface area contributed by atoms with Gasteiger partial charge in [-0.15, -0.1) is 0 Å². The molecule has 0 atom stereocenters. The summed E-state index contributed by atoms with van der Waals surface area (Å²) in [5.74, 6) is 0. The molecule has 15 rings (SSSR count). The highest BCUT2D eigenvalue weighted by Crippen LogP contribution is 2.54. The number of para-hydroxylation sites is 3. The van der Waals surface area contributed by atoms with Crippen LogP contribution in [0.25, 0.3) is 55.0 Å². The van der Waals surface area contributed by atoms with Crippen LogP contribution in [-0.2, 0) is 10.8 Å². The second-order valence-electron chi connectivity index (χ2n) is 21.0. The zero-order valence-electron chi connectivity index (χ0n) is 38.0. The van der Waals surface area contributed by atoms with Crippen LogP contribution in [0.1, 0.15) is 57.2 Å². The fourth-order valence-electron chi connectivity index (χ4n) is 13.8. The van der Waals surface area contributed by atoms with Crippen LogP contribution in [0.5, 0.6) is 0 Å². The van der Waals surface area contributed by atoms with E-state index in [2.05, 4.69) is 214 Å². The van der Waals surface area contributed by atoms with Crippen LogP contribution in [-0.4, -0.2) is 14.9 Å². The molecule has 0 radical (unpaired) electrons. The molecule has 10 aromatic rings. The van der Waals surface area contributed by atoms with E-state index in [9.17, 15) is 0 Å². The quantitative estimate of drug-likeness (QED) is 0.153. The standard InChI is InChI=1S/C61H47BN2OSi/c1-36-33-44-45(61(4,5)32-31-60(44,2)3)35-48(36)63-47-30-29-42-39-19-8-12-24-50(39)65-59(42)57(47)62-56-49(63)34-37-17-6-7-18-38(37)55(56)43-22-16-28-54-58(43)64(62)46-23-11-15-27-53(46)66(54)51-25-13-9-20-40(51)41-21-10-14-26-52(41)66/h6-30,33-35H,31-32H2,1-5H3. The molecule has 3 nitrogen and oxygen atoms in total. The topological polar surface area (TPSA) is 19.6 Å². The molecule has 9 aromatic carbocycles. The summed E-state index contributed by atoms with van der Waals surface area (Å²) in [6, 6.07) is 65.6. The van der Waals surface area contributed by atoms with E-state index in [4.69, 9.17) is 4.42 Å². The Labute approximate surface area is 387 Å². The zero-order valence-corrected chi connectivity index (χ0v) is 39.0. The maximum Gasteiger partial charge on any atom is 0.336 e. The second-order valence-corrected chi connectivity index (χ2v) is 24.7. The van der Waals surface area contributed by atoms with Gasteiger partial charge in [-0.3, -0.25) is 0 Å². The smallest absolute Gasteiger partial charge is 0.336 e. The van der Waals surface area contributed by atoms with Crippen LogP contribution in [0.2, 0.25) is 0 Å². The molecule has 0 fully saturated rings. The summed E-state index contributed by atoms with van der Waals surface area (Å²) in [5.41, 5.74) is 20.6. The first kappa shape index (κ1) is 37.2. The van der Waals surface area contributed by atoms with Crippen molar-refractivity contribution in [1.29, 1.82) is 0 Å². The van der Waals surface area contributed by atoms with E-state index in [1.165, 1.54) is 116 Å². The van der Waals surface area contributed by atoms with Gasteiger partial charge in [0.15, 0.2) is 8.07 Å². The zero-order chi connectivity index (χ0) is 44.0. The number of aryl methyl sites for hydroxylation is 1. The molecule has 0 unspecified atom stereocenters. The average Bonchev–Trinajstić information content (AvgIpc) is 3.86. The highest BCUT2D eigenvalue weighted by molar-refractivity contribution is 7.24. The van der Waals surface area contributed by atoms with E-state index in [0.717, 1.165) is 28.4 Å². The van der Waals surface area contributed by atoms with E-state index in [0.29, 0.717) is 0 Å². The molecule has 1 aliphatic carbocycles. The lowest BCUT2D eigenvalue weighted by atomic mass is 9.43. The summed E-state index contributed by atoms with van der Waals surface area (Å²) < 4.78 is 7.27. The molecular weight excluding hydrogens is 816 g/mol. The number of benzene rings is 9. The van der Waals surface area contributed by atoms with Crippen LogP contribution < -0.4 is 41.4 Å². The molecule has 314 valence electrons. The van der Waals surface area contributed by atoms with Gasteiger partial charge in [0.1, 0.15) is 11.2 Å². The van der Waals surface area contributed by atoms with Gasteiger partial charge in [-0.2, -0.15) is 0 Å². The predicted molar refractivity (Wildman–Crippen MR) is 281 cm³/mol. The highest BCUT2D eigenvalue weighted by atomic mass is 28.3. The fourth-order valence-corrected chi connectivity index (χ4v) is 19.3. The SMILES string of the molecule is Cc1cc2c(cc1N1c3cc4ccccc4c4c3B(c3c1ccc1c3oc3ccccc31)N1c3ccccc3[Si]3(c5ccccc5-c5ccccc53)c3cccc-4c31)C(C)(C)CCC2(C)C. The van der Waals surface area contributed by atoms with Crippen molar-refractivity contribution >= 4 is 108 Å². The van der Waals surface area contributed by atoms with Gasteiger partial charge in [-0.05, 0) is 137 Å². The lowest BCUT2D eigenvalue weighted by Gasteiger charge is -2.52. The molecule has 1 spiro atoms. The van der Waals surface area contributed by atoms with Crippen LogP contribution in [0.15, 0.2) is 174 Å². The highest BCUT2D eigenvalue weighted by Gasteiger charge is 2.58. The van der Waals surface area contributed by atoms with Crippen LogP contribution in [0.4, 0.5) is 28.4 Å². The first-order chi connectivity index (χ1) is 32.2. The average molecular weight is 863 g/mol. The maximum absolute atomic E-state index is 7.27. The summed E-state index contributed by atoms with van der Waals surface area (Å²) in [5, 5.41) is 10.8. The molecule has 5 heterocycles. The molecule has 0 N–H and O–H groups in total. The molecular formula is C61H47BN2OSi. The van der Waals surface area contributed by atoms with E-state index in [1.54, 1.807) is 0 Å². The Morgan fingerprint density at radius 3 is 1.89 bits per heavy atom. The van der Waals surface area contributed by atoms with Gasteiger partial charge in [-0.1, -0.05) is 161 Å². The van der Waals surface area contributed by atoms with Crippen molar-refractivity contribution in [2.75, 3.05) is 9.71 Å². The first-order valence-electron chi connectivity index (χ1n) is 23.8. The largest absolute Gasteiger partial charge is 0.456 e. The number of hydrogen-bond donors (Lipinski definition) is 0. The molecule has 4 aliphatic heterocycles. The monoisotopic (exact) mass is 862 g/mol. The van der Waals surface area contributed by atoms with Crippen molar-refractivity contribution in [3.05, 3.63) is 187 Å². The molecule has 1 aromatic heterocycles. The Kier molecular flexibility index (Phi) is 7.00. The summed E-state index contributed by atoms with van der Waals surface area (Å²) in [6.45, 7) is 12.0. The van der Waals surface area contributed by atoms with E-state index in [-0.39, 0.29) is 17.7 Å². The molecule has 0 bridgehead atoms. The van der Waals surface area contributed by atoms with Gasteiger partial charge in [0, 0.05) is 50.2 Å². The number of nitrogens with zero attached hydrogens (tertiary/aromatic N) is 2. The minimum atomic E-state index is -2.84. The summed E-state index contributed by atoms with van der Waals surface area (Å²) in [6.07, 6.45) is 2.34. The summed E-state index contributed by atoms with van der Waals surface area (Å²) >= 11 is 0. The molecule has 0 saturated carbocycles. The Hall–Kier alpha value is -7.08. The Morgan fingerprint density at radius 1 is 0.500 bits per heavy atom. The van der Waals surface area contributed by atoms with Crippen molar-refractivity contribution in [2.24, 2.45) is 0 Å². The van der Waals surface area contributed by atoms with Gasteiger partial charge in [-0.25, -0.2) is 0 Å². The number of rotatable bonds is 1. The third-order valence-electron chi connectivity index (χ3n) is 16.8. The number of furan rings is 1. The second kappa shape index (κ2) is 12.4. The van der Waals surface area contributed by atoms with Gasteiger partial charge < -0.3 is 14.1 Å². The maximum atomic E-state index is 7.27. The van der Waals surface area contributed by atoms with E-state index in [1.807, 2.05) is 0 Å². The Morgan fingerprint density at radius 2 is 1.12 bits per heavy atom. The Bertz CT molecular complexity index is 3790. The number of fused-ring (bicyclic) bond motifs is 20. The van der Waals surface area contributed by atoms with Crippen molar-refractivity contribution in [3.8, 4) is 22.3 Å². The Balaban J connectivity index is 1.14. The lowest BCUT2D eigenvalue weighted by Crippen LogP contribution is -2.78. The predicted octanol–water partition coefficient (Wildman–Crippen LogP) is 11.8. The van der Waals surface area contributed by atoms with Crippen molar-refractivity contribution in [2.45, 2.75) is 58.3 Å². The molecule has 5 aliphatic rings. The van der Waals surface area contributed by atoms with Crippen molar-refractivity contribution in [1.82, 2.24) is 0 Å². The first-order valence-corrected chi connectivity index (χ1v) is 25.8. The molecule has 0 saturated heterocycles. The lowest BCUT2D eigenvalue weighted by molar-refractivity contribution is 0.332. The van der Waals surface area contributed by atoms with Gasteiger partial charge >= 0.3 is 6.85 Å². The number of anilines is 5. The van der Waals surface area contributed by atoms with E-state index < -0.39 is 8.07 Å². The molecule has 0 amide bonds. The van der Waals surface area contributed by atoms with Crippen molar-refractivity contribution < 1.29 is 4.42 Å². The van der Waals surface area contributed by atoms with Crippen LogP contribution in [0, 0.1) is 6.92 Å². The number of hydrogen-bond acceptors (Lipinski definition) is 3. The van der Waals surface area contributed by atoms with Gasteiger partial charge in [0.05, 0.1) is 0 Å². The minimum absolute atomic E-state index is 0.0458. The molecule has 5 heteroatoms. The van der Waals surface area contributed by atoms with E-state index >= 15 is 0 Å². The summed E-state index contributed by atoms with van der Waals surface area (Å²) in [7, 11) is -2.84. The van der Waals surface area contributed by atoms with Gasteiger partial charge in [0.25, 0.3) is 0 Å². The van der Waals surface area contributed by atoms with Gasteiger partial charge in [0.2, 0.25) is 0 Å². The van der Waals surface area contributed by atoms with Crippen molar-refractivity contribution in [3.63, 3.8) is 0 Å². The van der Waals surface area contributed by atoms with Crippen LogP contribution >= 0.6 is 0 Å². The molecule has 66 heavy (non-hydrogen) atoms. The minimum Gasteiger partial charge on any atom is -0.456 e. The van der Waals surface area contributed by atoms with Crippen LogP contribution in [0.3, 0.4) is 0 Å².